The monoisotopic (exact) mass is 236 g/mol. The molecule has 0 unspecified atom stereocenters. The van der Waals surface area contributed by atoms with Gasteiger partial charge in [0.2, 0.25) is 0 Å². The molecule has 0 spiro atoms. The van der Waals surface area contributed by atoms with Crippen molar-refractivity contribution >= 4 is 23.1 Å². The molecule has 0 fully saturated rings. The molecule has 2 aromatic heterocycles. The summed E-state index contributed by atoms with van der Waals surface area (Å²) in [5, 5.41) is 3.25. The fourth-order valence-corrected chi connectivity index (χ4v) is 1.33. The normalized spacial score (nSPS) is 12.3. The zero-order valence-corrected chi connectivity index (χ0v) is 7.84. The largest absolute Gasteiger partial charge is 0.435 e. The van der Waals surface area contributed by atoms with Crippen molar-refractivity contribution in [3.05, 3.63) is 23.0 Å². The van der Waals surface area contributed by atoms with Crippen LogP contribution in [0.1, 0.15) is 5.69 Å². The average Bonchev–Trinajstić information content (AvgIpc) is 2.46. The summed E-state index contributed by atoms with van der Waals surface area (Å²) in [5.74, 6) is 0.0427. The van der Waals surface area contributed by atoms with E-state index < -0.39 is 11.9 Å². The lowest BCUT2D eigenvalue weighted by atomic mass is 10.4. The Morgan fingerprint density at radius 3 is 2.60 bits per heavy atom. The van der Waals surface area contributed by atoms with Crippen molar-refractivity contribution in [2.75, 3.05) is 5.73 Å². The summed E-state index contributed by atoms with van der Waals surface area (Å²) in [7, 11) is 0. The van der Waals surface area contributed by atoms with Crippen LogP contribution in [-0.2, 0) is 6.18 Å². The minimum Gasteiger partial charge on any atom is -0.384 e. The molecule has 0 radical (unpaired) electrons. The molecule has 4 nitrogen and oxygen atoms in total. The predicted octanol–water partition coefficient (Wildman–Crippen LogP) is 1.98. The maximum atomic E-state index is 12.3. The van der Waals surface area contributed by atoms with Gasteiger partial charge in [-0.05, 0) is 0 Å². The summed E-state index contributed by atoms with van der Waals surface area (Å²) in [6.07, 6.45) is -4.52. The molecule has 0 saturated heterocycles. The standard InChI is InChI=1S/C7H4ClF3N4/c8-4-2-5(12)13-6-1-3(7(9,10)11)14-15(4)6/h1-2H,(H2,12,13). The van der Waals surface area contributed by atoms with Crippen LogP contribution in [0, 0.1) is 0 Å². The smallest absolute Gasteiger partial charge is 0.384 e. The summed E-state index contributed by atoms with van der Waals surface area (Å²) in [4.78, 5) is 3.66. The van der Waals surface area contributed by atoms with Gasteiger partial charge in [0.15, 0.2) is 11.3 Å². The molecule has 0 aliphatic heterocycles. The van der Waals surface area contributed by atoms with Gasteiger partial charge in [-0.2, -0.15) is 18.3 Å². The molecule has 2 aromatic rings. The fourth-order valence-electron chi connectivity index (χ4n) is 1.09. The van der Waals surface area contributed by atoms with Gasteiger partial charge in [0.05, 0.1) is 0 Å². The van der Waals surface area contributed by atoms with Crippen LogP contribution in [0.5, 0.6) is 0 Å². The van der Waals surface area contributed by atoms with E-state index in [1.54, 1.807) is 0 Å². The molecule has 2 heterocycles. The van der Waals surface area contributed by atoms with Crippen LogP contribution in [-0.4, -0.2) is 14.6 Å². The van der Waals surface area contributed by atoms with Crippen molar-refractivity contribution in [3.8, 4) is 0 Å². The Morgan fingerprint density at radius 1 is 1.33 bits per heavy atom. The van der Waals surface area contributed by atoms with Crippen LogP contribution in [0.15, 0.2) is 12.1 Å². The highest BCUT2D eigenvalue weighted by Crippen LogP contribution is 2.29. The third-order valence-electron chi connectivity index (χ3n) is 1.69. The molecule has 80 valence electrons. The molecule has 2 N–H and O–H groups in total. The Bertz CT molecular complexity index is 519. The van der Waals surface area contributed by atoms with Gasteiger partial charge in [0, 0.05) is 12.1 Å². The lowest BCUT2D eigenvalue weighted by Crippen LogP contribution is -2.06. The van der Waals surface area contributed by atoms with Crippen molar-refractivity contribution in [2.24, 2.45) is 0 Å². The first-order valence-electron chi connectivity index (χ1n) is 3.77. The zero-order chi connectivity index (χ0) is 11.2. The third-order valence-corrected chi connectivity index (χ3v) is 1.96. The summed E-state index contributed by atoms with van der Waals surface area (Å²) < 4.78 is 37.7. The molecule has 0 saturated carbocycles. The Morgan fingerprint density at radius 2 is 2.00 bits per heavy atom. The van der Waals surface area contributed by atoms with E-state index in [9.17, 15) is 13.2 Å². The molecule has 0 aromatic carbocycles. The number of fused-ring (bicyclic) bond motifs is 1. The summed E-state index contributed by atoms with van der Waals surface area (Å²) >= 11 is 5.64. The highest BCUT2D eigenvalue weighted by atomic mass is 35.5. The SMILES string of the molecule is Nc1cc(Cl)n2nc(C(F)(F)F)cc2n1. The van der Waals surface area contributed by atoms with Crippen LogP contribution in [0.3, 0.4) is 0 Å². The van der Waals surface area contributed by atoms with Gasteiger partial charge in [0.25, 0.3) is 0 Å². The van der Waals surface area contributed by atoms with Gasteiger partial charge in [-0.25, -0.2) is 9.50 Å². The molecule has 0 aliphatic rings. The molecule has 2 rings (SSSR count). The molecule has 15 heavy (non-hydrogen) atoms. The van der Waals surface area contributed by atoms with E-state index in [2.05, 4.69) is 10.1 Å². The molecule has 8 heteroatoms. The quantitative estimate of drug-likeness (QED) is 0.712. The third kappa shape index (κ3) is 1.70. The van der Waals surface area contributed by atoms with E-state index in [-0.39, 0.29) is 16.6 Å². The number of nitrogens with two attached hydrogens (primary N) is 1. The fraction of sp³-hybridized carbons (Fsp3) is 0.143. The predicted molar refractivity (Wildman–Crippen MR) is 47.4 cm³/mol. The van der Waals surface area contributed by atoms with Crippen LogP contribution in [0.2, 0.25) is 5.15 Å². The second-order valence-electron chi connectivity index (χ2n) is 2.80. The van der Waals surface area contributed by atoms with E-state index in [1.807, 2.05) is 0 Å². The van der Waals surface area contributed by atoms with E-state index in [4.69, 9.17) is 17.3 Å². The second-order valence-corrected chi connectivity index (χ2v) is 3.19. The number of hydrogen-bond acceptors (Lipinski definition) is 3. The minimum absolute atomic E-state index is 0.0204. The van der Waals surface area contributed by atoms with Crippen molar-refractivity contribution in [2.45, 2.75) is 6.18 Å². The van der Waals surface area contributed by atoms with Gasteiger partial charge < -0.3 is 5.73 Å². The molecule has 0 amide bonds. The Kier molecular flexibility index (Phi) is 2.00. The first-order valence-corrected chi connectivity index (χ1v) is 4.15. The maximum absolute atomic E-state index is 12.3. The van der Waals surface area contributed by atoms with E-state index in [0.29, 0.717) is 0 Å². The first-order chi connectivity index (χ1) is 6.88. The number of rotatable bonds is 0. The number of halogens is 4. The van der Waals surface area contributed by atoms with Crippen LogP contribution in [0.4, 0.5) is 19.0 Å². The summed E-state index contributed by atoms with van der Waals surface area (Å²) in [5.41, 5.74) is 4.24. The average molecular weight is 237 g/mol. The van der Waals surface area contributed by atoms with Crippen molar-refractivity contribution in [1.29, 1.82) is 0 Å². The minimum atomic E-state index is -4.52. The van der Waals surface area contributed by atoms with Gasteiger partial charge in [-0.15, -0.1) is 0 Å². The Labute approximate surface area is 86.5 Å². The molecular formula is C7H4ClF3N4. The van der Waals surface area contributed by atoms with Gasteiger partial charge in [0.1, 0.15) is 11.0 Å². The molecule has 0 aliphatic carbocycles. The number of anilines is 1. The zero-order valence-electron chi connectivity index (χ0n) is 7.09. The molecule has 0 atom stereocenters. The highest BCUT2D eigenvalue weighted by Gasteiger charge is 2.34. The van der Waals surface area contributed by atoms with Crippen LogP contribution >= 0.6 is 11.6 Å². The van der Waals surface area contributed by atoms with Crippen LogP contribution in [0.25, 0.3) is 5.65 Å². The van der Waals surface area contributed by atoms with Gasteiger partial charge in [-0.1, -0.05) is 11.6 Å². The number of aromatic nitrogens is 3. The van der Waals surface area contributed by atoms with Gasteiger partial charge in [-0.3, -0.25) is 0 Å². The van der Waals surface area contributed by atoms with Crippen molar-refractivity contribution in [1.82, 2.24) is 14.6 Å². The van der Waals surface area contributed by atoms with Crippen LogP contribution < -0.4 is 5.73 Å². The highest BCUT2D eigenvalue weighted by molar-refractivity contribution is 6.29. The van der Waals surface area contributed by atoms with Crippen molar-refractivity contribution in [3.63, 3.8) is 0 Å². The van der Waals surface area contributed by atoms with Crippen molar-refractivity contribution < 1.29 is 13.2 Å². The maximum Gasteiger partial charge on any atom is 0.435 e. The topological polar surface area (TPSA) is 56.2 Å². The Balaban J connectivity index is 2.71. The lowest BCUT2D eigenvalue weighted by Gasteiger charge is -1.99. The number of hydrogen-bond donors (Lipinski definition) is 1. The number of nitrogens with zero attached hydrogens (tertiary/aromatic N) is 3. The first kappa shape index (κ1) is 10.0. The lowest BCUT2D eigenvalue weighted by molar-refractivity contribution is -0.141. The molecule has 0 bridgehead atoms. The van der Waals surface area contributed by atoms with E-state index in [1.165, 1.54) is 6.07 Å². The second kappa shape index (κ2) is 2.99. The summed E-state index contributed by atoms with van der Waals surface area (Å²) in [6.45, 7) is 0. The Hall–Kier alpha value is -1.50. The summed E-state index contributed by atoms with van der Waals surface area (Å²) in [6, 6.07) is 2.00. The van der Waals surface area contributed by atoms with E-state index in [0.717, 1.165) is 10.6 Å². The van der Waals surface area contributed by atoms with Gasteiger partial charge >= 0.3 is 6.18 Å². The number of nitrogen functional groups attached to an aromatic ring is 1. The molecular weight excluding hydrogens is 233 g/mol. The number of alkyl halides is 3. The van der Waals surface area contributed by atoms with E-state index >= 15 is 0 Å².